The molecular weight excluding hydrogens is 309 g/mol. The second kappa shape index (κ2) is 5.61. The van der Waals surface area contributed by atoms with E-state index in [0.29, 0.717) is 5.02 Å². The van der Waals surface area contributed by atoms with Gasteiger partial charge in [-0.15, -0.1) is 12.6 Å². The Morgan fingerprint density at radius 3 is 2.75 bits per heavy atom. The molecule has 0 amide bonds. The molecule has 1 aliphatic heterocycles. The van der Waals surface area contributed by atoms with E-state index in [1.54, 1.807) is 0 Å². The summed E-state index contributed by atoms with van der Waals surface area (Å²) >= 11 is 17.0. The molecule has 0 bridgehead atoms. The van der Waals surface area contributed by atoms with Crippen LogP contribution in [0.2, 0.25) is 10.0 Å². The lowest BCUT2D eigenvalue weighted by Gasteiger charge is -2.33. The lowest BCUT2D eigenvalue weighted by Crippen LogP contribution is -2.31. The molecule has 0 saturated heterocycles. The highest BCUT2D eigenvalue weighted by molar-refractivity contribution is 7.80. The van der Waals surface area contributed by atoms with Gasteiger partial charge in [0.15, 0.2) is 0 Å². The van der Waals surface area contributed by atoms with Gasteiger partial charge in [-0.05, 0) is 48.0 Å². The van der Waals surface area contributed by atoms with Gasteiger partial charge in [0, 0.05) is 33.9 Å². The van der Waals surface area contributed by atoms with Crippen LogP contribution in [-0.4, -0.2) is 18.5 Å². The molecule has 1 heterocycles. The van der Waals surface area contributed by atoms with Crippen molar-refractivity contribution in [2.24, 2.45) is 0 Å². The number of fused-ring (bicyclic) bond motifs is 1. The highest BCUT2D eigenvalue weighted by Gasteiger charge is 2.26. The largest absolute Gasteiger partial charge is 0.301 e. The Hall–Kier alpha value is -0.670. The molecule has 1 atom stereocenters. The van der Waals surface area contributed by atoms with E-state index in [-0.39, 0.29) is 5.92 Å². The van der Waals surface area contributed by atoms with Crippen LogP contribution in [0.5, 0.6) is 0 Å². The zero-order valence-corrected chi connectivity index (χ0v) is 13.5. The fourth-order valence-corrected chi connectivity index (χ4v) is 3.68. The minimum absolute atomic E-state index is 0.284. The summed E-state index contributed by atoms with van der Waals surface area (Å²) in [6.07, 6.45) is 0. The van der Waals surface area contributed by atoms with Crippen molar-refractivity contribution in [3.05, 3.63) is 63.1 Å². The van der Waals surface area contributed by atoms with Crippen LogP contribution in [0.25, 0.3) is 0 Å². The summed E-state index contributed by atoms with van der Waals surface area (Å²) in [6.45, 7) is 1.82. The minimum Gasteiger partial charge on any atom is -0.301 e. The van der Waals surface area contributed by atoms with Gasteiger partial charge in [-0.3, -0.25) is 0 Å². The SMILES string of the molecule is CN1Cc2c(Cl)cc(Cl)cc2C(c2cccc(S)c2)C1. The molecule has 2 aromatic rings. The molecule has 1 unspecified atom stereocenters. The normalized spacial score (nSPS) is 18.9. The maximum atomic E-state index is 6.37. The van der Waals surface area contributed by atoms with Crippen molar-refractivity contribution in [2.45, 2.75) is 17.4 Å². The van der Waals surface area contributed by atoms with Crippen molar-refractivity contribution in [3.8, 4) is 0 Å². The molecule has 0 spiro atoms. The van der Waals surface area contributed by atoms with E-state index in [1.807, 2.05) is 24.3 Å². The van der Waals surface area contributed by atoms with Gasteiger partial charge in [-0.2, -0.15) is 0 Å². The quantitative estimate of drug-likeness (QED) is 0.733. The van der Waals surface area contributed by atoms with Gasteiger partial charge in [0.1, 0.15) is 0 Å². The number of rotatable bonds is 1. The Balaban J connectivity index is 2.15. The summed E-state index contributed by atoms with van der Waals surface area (Å²) in [4.78, 5) is 3.27. The molecule has 0 aliphatic carbocycles. The second-order valence-electron chi connectivity index (χ2n) is 5.30. The number of halogens is 2. The second-order valence-corrected chi connectivity index (χ2v) is 6.66. The van der Waals surface area contributed by atoms with E-state index in [2.05, 4.69) is 36.7 Å². The van der Waals surface area contributed by atoms with Gasteiger partial charge in [-0.25, -0.2) is 0 Å². The molecule has 1 nitrogen and oxygen atoms in total. The summed E-state index contributed by atoms with van der Waals surface area (Å²) in [7, 11) is 2.12. The molecule has 0 aromatic heterocycles. The van der Waals surface area contributed by atoms with Crippen molar-refractivity contribution >= 4 is 35.8 Å². The van der Waals surface area contributed by atoms with E-state index in [0.717, 1.165) is 23.0 Å². The minimum atomic E-state index is 0.284. The number of hydrogen-bond donors (Lipinski definition) is 1. The number of benzene rings is 2. The lowest BCUT2D eigenvalue weighted by atomic mass is 9.85. The van der Waals surface area contributed by atoms with Gasteiger partial charge < -0.3 is 4.90 Å². The van der Waals surface area contributed by atoms with Gasteiger partial charge in [0.2, 0.25) is 0 Å². The molecule has 3 rings (SSSR count). The van der Waals surface area contributed by atoms with Crippen molar-refractivity contribution < 1.29 is 0 Å². The van der Waals surface area contributed by atoms with Gasteiger partial charge in [-0.1, -0.05) is 35.3 Å². The fraction of sp³-hybridized carbons (Fsp3) is 0.250. The number of nitrogens with zero attached hydrogens (tertiary/aromatic N) is 1. The predicted molar refractivity (Wildman–Crippen MR) is 88.3 cm³/mol. The highest BCUT2D eigenvalue weighted by atomic mass is 35.5. The first-order valence-electron chi connectivity index (χ1n) is 6.50. The van der Waals surface area contributed by atoms with Crippen LogP contribution in [0.15, 0.2) is 41.3 Å². The van der Waals surface area contributed by atoms with Crippen molar-refractivity contribution in [2.75, 3.05) is 13.6 Å². The zero-order valence-electron chi connectivity index (χ0n) is 11.1. The van der Waals surface area contributed by atoms with Gasteiger partial charge in [0.25, 0.3) is 0 Å². The third-order valence-electron chi connectivity index (χ3n) is 3.77. The van der Waals surface area contributed by atoms with Crippen molar-refractivity contribution in [3.63, 3.8) is 0 Å². The molecule has 2 aromatic carbocycles. The first-order valence-corrected chi connectivity index (χ1v) is 7.70. The average Bonchev–Trinajstić information content (AvgIpc) is 2.39. The summed E-state index contributed by atoms with van der Waals surface area (Å²) in [5.41, 5.74) is 3.67. The third kappa shape index (κ3) is 2.71. The Morgan fingerprint density at radius 1 is 1.20 bits per heavy atom. The summed E-state index contributed by atoms with van der Waals surface area (Å²) in [6, 6.07) is 12.2. The van der Waals surface area contributed by atoms with Crippen LogP contribution < -0.4 is 0 Å². The number of likely N-dealkylation sites (N-methyl/N-ethyl adjacent to an activating group) is 1. The summed E-state index contributed by atoms with van der Waals surface area (Å²) in [5.74, 6) is 0.284. The first kappa shape index (κ1) is 14.3. The van der Waals surface area contributed by atoms with E-state index in [4.69, 9.17) is 23.2 Å². The first-order chi connectivity index (χ1) is 9.54. The Morgan fingerprint density at radius 2 is 2.00 bits per heavy atom. The standard InChI is InChI=1S/C16H15Cl2NS/c1-19-8-14(10-3-2-4-12(20)5-10)13-6-11(17)7-16(18)15(13)9-19/h2-7,14,20H,8-9H2,1H3. The van der Waals surface area contributed by atoms with E-state index < -0.39 is 0 Å². The smallest absolute Gasteiger partial charge is 0.0468 e. The average molecular weight is 324 g/mol. The van der Waals surface area contributed by atoms with Crippen LogP contribution >= 0.6 is 35.8 Å². The Labute approximate surface area is 134 Å². The van der Waals surface area contributed by atoms with E-state index in [1.165, 1.54) is 16.7 Å². The van der Waals surface area contributed by atoms with Crippen LogP contribution in [0.4, 0.5) is 0 Å². The van der Waals surface area contributed by atoms with Gasteiger partial charge >= 0.3 is 0 Å². The zero-order chi connectivity index (χ0) is 14.3. The molecule has 0 fully saturated rings. The predicted octanol–water partition coefficient (Wildman–Crippen LogP) is 4.86. The molecule has 104 valence electrons. The highest BCUT2D eigenvalue weighted by Crippen LogP contribution is 2.38. The maximum Gasteiger partial charge on any atom is 0.0468 e. The molecule has 0 N–H and O–H groups in total. The summed E-state index contributed by atoms with van der Waals surface area (Å²) in [5, 5.41) is 1.46. The monoisotopic (exact) mass is 323 g/mol. The third-order valence-corrected chi connectivity index (χ3v) is 4.60. The molecule has 20 heavy (non-hydrogen) atoms. The number of thiol groups is 1. The topological polar surface area (TPSA) is 3.24 Å². The van der Waals surface area contributed by atoms with Crippen LogP contribution in [0.3, 0.4) is 0 Å². The van der Waals surface area contributed by atoms with E-state index in [9.17, 15) is 0 Å². The van der Waals surface area contributed by atoms with Crippen LogP contribution in [0.1, 0.15) is 22.6 Å². The van der Waals surface area contributed by atoms with Crippen LogP contribution in [0, 0.1) is 0 Å². The Bertz CT molecular complexity index is 657. The number of hydrogen-bond acceptors (Lipinski definition) is 2. The van der Waals surface area contributed by atoms with Crippen molar-refractivity contribution in [1.29, 1.82) is 0 Å². The van der Waals surface area contributed by atoms with Crippen molar-refractivity contribution in [1.82, 2.24) is 4.90 Å². The summed E-state index contributed by atoms with van der Waals surface area (Å²) < 4.78 is 0. The molecule has 0 saturated carbocycles. The van der Waals surface area contributed by atoms with Crippen LogP contribution in [-0.2, 0) is 6.54 Å². The van der Waals surface area contributed by atoms with E-state index >= 15 is 0 Å². The molecule has 0 radical (unpaired) electrons. The molecule has 1 aliphatic rings. The molecular formula is C16H15Cl2NS. The Kier molecular flexibility index (Phi) is 4.00. The molecule has 4 heteroatoms. The van der Waals surface area contributed by atoms with Gasteiger partial charge in [0.05, 0.1) is 0 Å². The fourth-order valence-electron chi connectivity index (χ4n) is 2.87. The maximum absolute atomic E-state index is 6.37. The lowest BCUT2D eigenvalue weighted by molar-refractivity contribution is 0.295.